The normalized spacial score (nSPS) is 11.1. The molecule has 0 unspecified atom stereocenters. The van der Waals surface area contributed by atoms with Crippen LogP contribution in [0.2, 0.25) is 0 Å². The Bertz CT molecular complexity index is 901. The monoisotopic (exact) mass is 270 g/mol. The van der Waals surface area contributed by atoms with E-state index in [1.54, 1.807) is 7.05 Å². The zero-order valence-corrected chi connectivity index (χ0v) is 11.3. The van der Waals surface area contributed by atoms with Gasteiger partial charge in [-0.2, -0.15) is 0 Å². The van der Waals surface area contributed by atoms with Gasteiger partial charge in [-0.25, -0.2) is 9.78 Å². The smallest absolute Gasteiger partial charge is 0.332 e. The van der Waals surface area contributed by atoms with Crippen molar-refractivity contribution in [3.63, 3.8) is 0 Å². The molecule has 2 aromatic heterocycles. The van der Waals surface area contributed by atoms with Gasteiger partial charge in [-0.15, -0.1) is 0 Å². The van der Waals surface area contributed by atoms with Gasteiger partial charge in [0, 0.05) is 7.05 Å². The zero-order chi connectivity index (χ0) is 14.3. The van der Waals surface area contributed by atoms with Crippen LogP contribution in [0, 0.1) is 6.92 Å². The number of hydrogen-bond acceptors (Lipinski definition) is 3. The van der Waals surface area contributed by atoms with Gasteiger partial charge in [-0.3, -0.25) is 13.9 Å². The molecule has 0 aliphatic rings. The molecule has 0 atom stereocenters. The van der Waals surface area contributed by atoms with E-state index in [4.69, 9.17) is 0 Å². The predicted octanol–water partition coefficient (Wildman–Crippen LogP) is 0.780. The molecule has 6 nitrogen and oxygen atoms in total. The largest absolute Gasteiger partial charge is 0.339 e. The second-order valence-electron chi connectivity index (χ2n) is 4.76. The van der Waals surface area contributed by atoms with Gasteiger partial charge in [0.1, 0.15) is 5.52 Å². The lowest BCUT2D eigenvalue weighted by Gasteiger charge is -2.09. The Morgan fingerprint density at radius 2 is 2.00 bits per heavy atom. The first-order valence-electron chi connectivity index (χ1n) is 6.27. The highest BCUT2D eigenvalue weighted by atomic mass is 16.2. The van der Waals surface area contributed by atoms with Crippen molar-refractivity contribution in [1.29, 1.82) is 0 Å². The SMILES string of the molecule is Cc1ccccc1Cn1c(=O)c2[nH]cnc2n(C)c1=O. The van der Waals surface area contributed by atoms with Crippen LogP contribution in [0.5, 0.6) is 0 Å². The van der Waals surface area contributed by atoms with Crippen molar-refractivity contribution in [2.45, 2.75) is 13.5 Å². The highest BCUT2D eigenvalue weighted by molar-refractivity contribution is 5.68. The van der Waals surface area contributed by atoms with Gasteiger partial charge >= 0.3 is 5.69 Å². The molecule has 0 spiro atoms. The lowest BCUT2D eigenvalue weighted by molar-refractivity contribution is 0.655. The number of fused-ring (bicyclic) bond motifs is 1. The number of imidazole rings is 1. The van der Waals surface area contributed by atoms with E-state index in [1.165, 1.54) is 15.5 Å². The van der Waals surface area contributed by atoms with Gasteiger partial charge in [0.25, 0.3) is 5.56 Å². The quantitative estimate of drug-likeness (QED) is 0.748. The maximum absolute atomic E-state index is 12.4. The Labute approximate surface area is 114 Å². The minimum Gasteiger partial charge on any atom is -0.339 e. The molecule has 0 bridgehead atoms. The van der Waals surface area contributed by atoms with Crippen molar-refractivity contribution >= 4 is 11.2 Å². The van der Waals surface area contributed by atoms with Crippen molar-refractivity contribution in [1.82, 2.24) is 19.1 Å². The molecule has 3 aromatic rings. The van der Waals surface area contributed by atoms with Gasteiger partial charge in [0.2, 0.25) is 0 Å². The van der Waals surface area contributed by atoms with E-state index in [1.807, 2.05) is 31.2 Å². The van der Waals surface area contributed by atoms with Crippen molar-refractivity contribution in [3.05, 3.63) is 62.6 Å². The summed E-state index contributed by atoms with van der Waals surface area (Å²) in [5.74, 6) is 0. The van der Waals surface area contributed by atoms with E-state index in [9.17, 15) is 9.59 Å². The van der Waals surface area contributed by atoms with Crippen molar-refractivity contribution in [2.75, 3.05) is 0 Å². The van der Waals surface area contributed by atoms with Gasteiger partial charge < -0.3 is 4.98 Å². The molecule has 0 aliphatic carbocycles. The second-order valence-corrected chi connectivity index (χ2v) is 4.76. The standard InChI is InChI=1S/C14H14N4O2/c1-9-5-3-4-6-10(9)7-18-13(19)11-12(16-8-15-11)17(2)14(18)20/h3-6,8H,7H2,1-2H3,(H,15,16). The van der Waals surface area contributed by atoms with E-state index in [0.29, 0.717) is 11.2 Å². The van der Waals surface area contributed by atoms with E-state index in [2.05, 4.69) is 9.97 Å². The molecule has 1 N–H and O–H groups in total. The number of nitrogens with one attached hydrogen (secondary N) is 1. The van der Waals surface area contributed by atoms with E-state index in [0.717, 1.165) is 11.1 Å². The zero-order valence-electron chi connectivity index (χ0n) is 11.3. The van der Waals surface area contributed by atoms with E-state index < -0.39 is 0 Å². The molecular weight excluding hydrogens is 256 g/mol. The van der Waals surface area contributed by atoms with Gasteiger partial charge in [0.15, 0.2) is 5.65 Å². The molecule has 0 saturated heterocycles. The second kappa shape index (κ2) is 4.48. The average Bonchev–Trinajstić information content (AvgIpc) is 2.93. The molecule has 6 heteroatoms. The van der Waals surface area contributed by atoms with Gasteiger partial charge in [0.05, 0.1) is 12.9 Å². The third kappa shape index (κ3) is 1.77. The number of aryl methyl sites for hydroxylation is 2. The van der Waals surface area contributed by atoms with Crippen molar-refractivity contribution in [3.8, 4) is 0 Å². The third-order valence-corrected chi connectivity index (χ3v) is 3.50. The number of H-pyrrole nitrogens is 1. The molecule has 2 heterocycles. The average molecular weight is 270 g/mol. The lowest BCUT2D eigenvalue weighted by Crippen LogP contribution is -2.39. The number of rotatable bonds is 2. The number of aromatic nitrogens is 4. The van der Waals surface area contributed by atoms with Crippen LogP contribution in [-0.2, 0) is 13.6 Å². The van der Waals surface area contributed by atoms with Crippen LogP contribution >= 0.6 is 0 Å². The first-order chi connectivity index (χ1) is 9.59. The Hall–Kier alpha value is -2.63. The van der Waals surface area contributed by atoms with Gasteiger partial charge in [-0.1, -0.05) is 24.3 Å². The highest BCUT2D eigenvalue weighted by Gasteiger charge is 2.13. The Morgan fingerprint density at radius 3 is 2.75 bits per heavy atom. The van der Waals surface area contributed by atoms with Crippen molar-refractivity contribution in [2.24, 2.45) is 7.05 Å². The highest BCUT2D eigenvalue weighted by Crippen LogP contribution is 2.08. The molecule has 102 valence electrons. The summed E-state index contributed by atoms with van der Waals surface area (Å²) >= 11 is 0. The molecule has 20 heavy (non-hydrogen) atoms. The summed E-state index contributed by atoms with van der Waals surface area (Å²) in [6, 6.07) is 7.70. The first-order valence-corrected chi connectivity index (χ1v) is 6.27. The van der Waals surface area contributed by atoms with E-state index in [-0.39, 0.29) is 17.8 Å². The topological polar surface area (TPSA) is 72.7 Å². The molecule has 1 aromatic carbocycles. The molecule has 0 amide bonds. The van der Waals surface area contributed by atoms with E-state index >= 15 is 0 Å². The summed E-state index contributed by atoms with van der Waals surface area (Å²) in [6.07, 6.45) is 1.42. The Morgan fingerprint density at radius 1 is 1.25 bits per heavy atom. The third-order valence-electron chi connectivity index (χ3n) is 3.50. The summed E-state index contributed by atoms with van der Waals surface area (Å²) in [6.45, 7) is 2.21. The number of nitrogens with zero attached hydrogens (tertiary/aromatic N) is 3. The van der Waals surface area contributed by atoms with Crippen LogP contribution < -0.4 is 11.2 Å². The van der Waals surface area contributed by atoms with Crippen LogP contribution in [0.4, 0.5) is 0 Å². The number of benzene rings is 1. The summed E-state index contributed by atoms with van der Waals surface area (Å²) in [4.78, 5) is 31.4. The molecular formula is C14H14N4O2. The first kappa shape index (κ1) is 12.4. The summed E-state index contributed by atoms with van der Waals surface area (Å²) in [5, 5.41) is 0. The molecule has 0 saturated carbocycles. The lowest BCUT2D eigenvalue weighted by atomic mass is 10.1. The minimum absolute atomic E-state index is 0.257. The van der Waals surface area contributed by atoms with Crippen LogP contribution in [0.3, 0.4) is 0 Å². The Balaban J connectivity index is 2.25. The molecule has 0 fully saturated rings. The van der Waals surface area contributed by atoms with Crippen LogP contribution in [0.15, 0.2) is 40.2 Å². The maximum atomic E-state index is 12.4. The summed E-state index contributed by atoms with van der Waals surface area (Å²) in [7, 11) is 1.61. The van der Waals surface area contributed by atoms with Crippen LogP contribution in [0.25, 0.3) is 11.2 Å². The summed E-state index contributed by atoms with van der Waals surface area (Å²) in [5.41, 5.74) is 2.01. The summed E-state index contributed by atoms with van der Waals surface area (Å²) < 4.78 is 2.61. The molecule has 0 aliphatic heterocycles. The van der Waals surface area contributed by atoms with Crippen LogP contribution in [0.1, 0.15) is 11.1 Å². The fourth-order valence-corrected chi connectivity index (χ4v) is 2.29. The molecule has 0 radical (unpaired) electrons. The maximum Gasteiger partial charge on any atom is 0.332 e. The van der Waals surface area contributed by atoms with Crippen LogP contribution in [-0.4, -0.2) is 19.1 Å². The van der Waals surface area contributed by atoms with Crippen molar-refractivity contribution < 1.29 is 0 Å². The van der Waals surface area contributed by atoms with Gasteiger partial charge in [-0.05, 0) is 18.1 Å². The minimum atomic E-state index is -0.363. The number of aromatic amines is 1. The Kier molecular flexibility index (Phi) is 2.78. The molecule has 3 rings (SSSR count). The fraction of sp³-hybridized carbons (Fsp3) is 0.214. The fourth-order valence-electron chi connectivity index (χ4n) is 2.29. The number of hydrogen-bond donors (Lipinski definition) is 1. The predicted molar refractivity (Wildman–Crippen MR) is 75.9 cm³/mol.